The predicted octanol–water partition coefficient (Wildman–Crippen LogP) is 5.02. The summed E-state index contributed by atoms with van der Waals surface area (Å²) in [5.74, 6) is 0. The van der Waals surface area contributed by atoms with E-state index in [0.717, 1.165) is 0 Å². The van der Waals surface area contributed by atoms with Crippen LogP contribution in [0.25, 0.3) is 0 Å². The van der Waals surface area contributed by atoms with Gasteiger partial charge in [0.15, 0.2) is 0 Å². The quantitative estimate of drug-likeness (QED) is 0.761. The molecular formula is C18H21NS. The van der Waals surface area contributed by atoms with Crippen molar-refractivity contribution in [3.63, 3.8) is 0 Å². The summed E-state index contributed by atoms with van der Waals surface area (Å²) in [4.78, 5) is 2.58. The van der Waals surface area contributed by atoms with Crippen LogP contribution >= 0.6 is 11.8 Å². The van der Waals surface area contributed by atoms with Crippen molar-refractivity contribution in [2.24, 2.45) is 0 Å². The minimum absolute atomic E-state index is 0.419. The molecule has 2 aromatic rings. The Morgan fingerprint density at radius 2 is 1.55 bits per heavy atom. The zero-order valence-corrected chi connectivity index (χ0v) is 13.1. The van der Waals surface area contributed by atoms with Crippen molar-refractivity contribution in [2.45, 2.75) is 37.4 Å². The Balaban J connectivity index is 2.04. The van der Waals surface area contributed by atoms with Crippen molar-refractivity contribution in [3.8, 4) is 0 Å². The van der Waals surface area contributed by atoms with Crippen molar-refractivity contribution < 1.29 is 0 Å². The first-order chi connectivity index (χ1) is 9.68. The minimum atomic E-state index is 0.419. The number of aryl methyl sites for hydroxylation is 1. The fourth-order valence-electron chi connectivity index (χ4n) is 2.88. The second kappa shape index (κ2) is 5.53. The molecule has 1 saturated heterocycles. The Labute approximate surface area is 126 Å². The lowest BCUT2D eigenvalue weighted by atomic mass is 10.1. The molecule has 104 valence electrons. The molecule has 0 bridgehead atoms. The molecule has 0 aliphatic carbocycles. The van der Waals surface area contributed by atoms with Gasteiger partial charge in [0, 0.05) is 17.0 Å². The zero-order valence-electron chi connectivity index (χ0n) is 12.3. The molecule has 3 atom stereocenters. The molecule has 3 rings (SSSR count). The number of benzene rings is 2. The van der Waals surface area contributed by atoms with Gasteiger partial charge >= 0.3 is 0 Å². The Morgan fingerprint density at radius 3 is 2.25 bits per heavy atom. The third kappa shape index (κ3) is 2.33. The summed E-state index contributed by atoms with van der Waals surface area (Å²) in [6.07, 6.45) is 0. The summed E-state index contributed by atoms with van der Waals surface area (Å²) in [6.45, 7) is 6.88. The molecule has 2 heteroatoms. The van der Waals surface area contributed by atoms with Crippen molar-refractivity contribution in [3.05, 3.63) is 65.7 Å². The van der Waals surface area contributed by atoms with E-state index in [1.165, 1.54) is 16.8 Å². The molecule has 1 aliphatic heterocycles. The topological polar surface area (TPSA) is 3.24 Å². The van der Waals surface area contributed by atoms with Crippen molar-refractivity contribution in [1.29, 1.82) is 0 Å². The molecule has 0 aromatic heterocycles. The Hall–Kier alpha value is -1.41. The number of hydrogen-bond acceptors (Lipinski definition) is 2. The van der Waals surface area contributed by atoms with E-state index in [9.17, 15) is 0 Å². The first kappa shape index (κ1) is 13.6. The van der Waals surface area contributed by atoms with E-state index in [4.69, 9.17) is 0 Å². The van der Waals surface area contributed by atoms with E-state index in [2.05, 4.69) is 92.0 Å². The molecule has 0 amide bonds. The maximum Gasteiger partial charge on any atom is 0.101 e. The number of nitrogens with zero attached hydrogens (tertiary/aromatic N) is 1. The van der Waals surface area contributed by atoms with Crippen molar-refractivity contribution >= 4 is 17.4 Å². The molecule has 1 fully saturated rings. The van der Waals surface area contributed by atoms with Crippen LogP contribution in [0.3, 0.4) is 0 Å². The van der Waals surface area contributed by atoms with Gasteiger partial charge in [-0.3, -0.25) is 0 Å². The lowest BCUT2D eigenvalue weighted by molar-refractivity contribution is 0.657. The van der Waals surface area contributed by atoms with E-state index in [1.54, 1.807) is 0 Å². The van der Waals surface area contributed by atoms with Crippen molar-refractivity contribution in [2.75, 3.05) is 4.90 Å². The molecule has 20 heavy (non-hydrogen) atoms. The molecule has 1 heterocycles. The summed E-state index contributed by atoms with van der Waals surface area (Å²) in [6, 6.07) is 20.1. The standard InChI is InChI=1S/C18H21NS/c1-13-9-7-8-12-17(13)19-14(2)15(3)20-18(19)16-10-5-4-6-11-16/h4-12,14-15,18H,1-3H3/t14-,15?,18?/m0/s1. The van der Waals surface area contributed by atoms with Gasteiger partial charge in [0.25, 0.3) is 0 Å². The van der Waals surface area contributed by atoms with Crippen LogP contribution in [-0.2, 0) is 0 Å². The molecule has 2 aromatic carbocycles. The van der Waals surface area contributed by atoms with Gasteiger partial charge in [0.05, 0.1) is 0 Å². The second-order valence-corrected chi connectivity index (χ2v) is 7.00. The van der Waals surface area contributed by atoms with E-state index < -0.39 is 0 Å². The lowest BCUT2D eigenvalue weighted by Gasteiger charge is -2.31. The summed E-state index contributed by atoms with van der Waals surface area (Å²) in [5.41, 5.74) is 4.12. The molecule has 0 spiro atoms. The van der Waals surface area contributed by atoms with Gasteiger partial charge in [0.2, 0.25) is 0 Å². The molecular weight excluding hydrogens is 262 g/mol. The highest BCUT2D eigenvalue weighted by molar-refractivity contribution is 8.00. The normalized spacial score (nSPS) is 25.9. The summed E-state index contributed by atoms with van der Waals surface area (Å²) in [5, 5.41) is 1.06. The van der Waals surface area contributed by atoms with Crippen molar-refractivity contribution in [1.82, 2.24) is 0 Å². The molecule has 2 unspecified atom stereocenters. The first-order valence-corrected chi connectivity index (χ1v) is 8.17. The van der Waals surface area contributed by atoms with Crippen LogP contribution < -0.4 is 4.90 Å². The average Bonchev–Trinajstić information content (AvgIpc) is 2.77. The van der Waals surface area contributed by atoms with Crippen LogP contribution in [0.4, 0.5) is 5.69 Å². The van der Waals surface area contributed by atoms with Gasteiger partial charge in [-0.15, -0.1) is 11.8 Å². The summed E-state index contributed by atoms with van der Waals surface area (Å²) in [7, 11) is 0. The molecule has 1 nitrogen and oxygen atoms in total. The van der Waals surface area contributed by atoms with Crippen LogP contribution in [0.15, 0.2) is 54.6 Å². The number of rotatable bonds is 2. The van der Waals surface area contributed by atoms with Crippen LogP contribution in [0.5, 0.6) is 0 Å². The van der Waals surface area contributed by atoms with Crippen LogP contribution in [0.2, 0.25) is 0 Å². The van der Waals surface area contributed by atoms with Gasteiger partial charge in [-0.05, 0) is 31.0 Å². The highest BCUT2D eigenvalue weighted by Crippen LogP contribution is 2.48. The van der Waals surface area contributed by atoms with Crippen LogP contribution in [0, 0.1) is 6.92 Å². The van der Waals surface area contributed by atoms with Gasteiger partial charge < -0.3 is 4.90 Å². The lowest BCUT2D eigenvalue weighted by Crippen LogP contribution is -2.33. The number of hydrogen-bond donors (Lipinski definition) is 0. The molecule has 0 N–H and O–H groups in total. The Morgan fingerprint density at radius 1 is 0.900 bits per heavy atom. The average molecular weight is 283 g/mol. The zero-order chi connectivity index (χ0) is 14.1. The fourth-order valence-corrected chi connectivity index (χ4v) is 4.39. The predicted molar refractivity (Wildman–Crippen MR) is 89.4 cm³/mol. The highest BCUT2D eigenvalue weighted by atomic mass is 32.2. The summed E-state index contributed by atoms with van der Waals surface area (Å²) >= 11 is 2.06. The Kier molecular flexibility index (Phi) is 3.75. The first-order valence-electron chi connectivity index (χ1n) is 7.23. The SMILES string of the molecule is Cc1ccccc1N1C(c2ccccc2)SC(C)[C@@H]1C. The maximum atomic E-state index is 2.58. The number of para-hydroxylation sites is 1. The molecule has 0 saturated carbocycles. The summed E-state index contributed by atoms with van der Waals surface area (Å²) < 4.78 is 0. The van der Waals surface area contributed by atoms with E-state index >= 15 is 0 Å². The third-order valence-corrected chi connectivity index (χ3v) is 5.77. The van der Waals surface area contributed by atoms with E-state index in [-0.39, 0.29) is 0 Å². The molecule has 1 aliphatic rings. The van der Waals surface area contributed by atoms with Gasteiger partial charge in [-0.1, -0.05) is 55.5 Å². The van der Waals surface area contributed by atoms with E-state index in [0.29, 0.717) is 16.7 Å². The molecule has 0 radical (unpaired) electrons. The van der Waals surface area contributed by atoms with Crippen LogP contribution in [-0.4, -0.2) is 11.3 Å². The largest absolute Gasteiger partial charge is 0.351 e. The second-order valence-electron chi connectivity index (χ2n) is 5.54. The van der Waals surface area contributed by atoms with E-state index in [1.807, 2.05) is 0 Å². The van der Waals surface area contributed by atoms with Gasteiger partial charge in [-0.2, -0.15) is 0 Å². The highest BCUT2D eigenvalue weighted by Gasteiger charge is 2.38. The smallest absolute Gasteiger partial charge is 0.101 e. The number of thioether (sulfide) groups is 1. The van der Waals surface area contributed by atoms with Gasteiger partial charge in [0.1, 0.15) is 5.37 Å². The van der Waals surface area contributed by atoms with Crippen LogP contribution in [0.1, 0.15) is 30.3 Å². The third-order valence-electron chi connectivity index (χ3n) is 4.19. The fraction of sp³-hybridized carbons (Fsp3) is 0.333. The monoisotopic (exact) mass is 283 g/mol. The number of anilines is 1. The van der Waals surface area contributed by atoms with Gasteiger partial charge in [-0.25, -0.2) is 0 Å². The minimum Gasteiger partial charge on any atom is -0.351 e. The Bertz CT molecular complexity index is 581. The maximum absolute atomic E-state index is 2.58.